The van der Waals surface area contributed by atoms with Gasteiger partial charge >= 0.3 is 0 Å². The van der Waals surface area contributed by atoms with Gasteiger partial charge in [0, 0.05) is 30.8 Å². The highest BCUT2D eigenvalue weighted by Gasteiger charge is 2.12. The first kappa shape index (κ1) is 18.0. The van der Waals surface area contributed by atoms with Crippen molar-refractivity contribution in [1.29, 1.82) is 0 Å². The first-order valence-corrected chi connectivity index (χ1v) is 9.96. The highest BCUT2D eigenvalue weighted by Crippen LogP contribution is 2.24. The van der Waals surface area contributed by atoms with Crippen LogP contribution in [0.1, 0.15) is 12.1 Å². The van der Waals surface area contributed by atoms with E-state index in [2.05, 4.69) is 10.1 Å². The molecule has 0 aliphatic heterocycles. The number of rotatable bonds is 6. The summed E-state index contributed by atoms with van der Waals surface area (Å²) in [5, 5.41) is 13.5. The first-order valence-electron chi connectivity index (χ1n) is 8.07. The van der Waals surface area contributed by atoms with E-state index < -0.39 is 9.84 Å². The minimum Gasteiger partial charge on any atom is -0.396 e. The minimum absolute atomic E-state index is 0.0830. The number of pyridine rings is 1. The van der Waals surface area contributed by atoms with Gasteiger partial charge in [-0.1, -0.05) is 6.08 Å². The molecule has 0 bridgehead atoms. The van der Waals surface area contributed by atoms with Crippen molar-refractivity contribution in [2.45, 2.75) is 11.3 Å². The maximum atomic E-state index is 11.7. The second-order valence-electron chi connectivity index (χ2n) is 5.79. The van der Waals surface area contributed by atoms with Crippen molar-refractivity contribution in [3.63, 3.8) is 0 Å². The molecular weight excluding hydrogens is 350 g/mol. The van der Waals surface area contributed by atoms with Gasteiger partial charge in [-0.25, -0.2) is 13.1 Å². The summed E-state index contributed by atoms with van der Waals surface area (Å²) in [7, 11) is -3.25. The Balaban J connectivity index is 2.07. The quantitative estimate of drug-likeness (QED) is 0.722. The van der Waals surface area contributed by atoms with Crippen LogP contribution in [-0.4, -0.2) is 41.2 Å². The summed E-state index contributed by atoms with van der Waals surface area (Å²) in [5.41, 5.74) is 3.23. The molecule has 0 amide bonds. The van der Waals surface area contributed by atoms with Crippen LogP contribution in [0.2, 0.25) is 0 Å². The molecule has 0 aliphatic carbocycles. The van der Waals surface area contributed by atoms with E-state index in [4.69, 9.17) is 5.11 Å². The van der Waals surface area contributed by atoms with Gasteiger partial charge in [-0.2, -0.15) is 5.10 Å². The number of benzene rings is 1. The minimum atomic E-state index is -3.25. The summed E-state index contributed by atoms with van der Waals surface area (Å²) in [6.45, 7) is 0.0830. The van der Waals surface area contributed by atoms with Crippen LogP contribution in [0.25, 0.3) is 23.0 Å². The van der Waals surface area contributed by atoms with Gasteiger partial charge < -0.3 is 5.11 Å². The number of aliphatic hydroxyl groups excluding tert-OH is 1. The van der Waals surface area contributed by atoms with Crippen molar-refractivity contribution in [2.75, 3.05) is 12.9 Å². The number of hydrogen-bond acceptors (Lipinski definition) is 5. The highest BCUT2D eigenvalue weighted by atomic mass is 32.2. The van der Waals surface area contributed by atoms with Crippen LogP contribution in [0, 0.1) is 0 Å². The van der Waals surface area contributed by atoms with E-state index in [9.17, 15) is 8.42 Å². The van der Waals surface area contributed by atoms with Crippen LogP contribution in [0.15, 0.2) is 65.8 Å². The van der Waals surface area contributed by atoms with Crippen molar-refractivity contribution in [3.05, 3.63) is 66.6 Å². The third-order valence-electron chi connectivity index (χ3n) is 3.78. The Labute approximate surface area is 152 Å². The lowest BCUT2D eigenvalue weighted by atomic mass is 10.2. The Kier molecular flexibility index (Phi) is 5.29. The number of aliphatic hydroxyl groups is 1. The normalized spacial score (nSPS) is 11.9. The van der Waals surface area contributed by atoms with Gasteiger partial charge in [0.25, 0.3) is 0 Å². The van der Waals surface area contributed by atoms with Gasteiger partial charge in [-0.05, 0) is 55.0 Å². The number of nitrogens with zero attached hydrogens (tertiary/aromatic N) is 3. The number of hydrogen-bond donors (Lipinski definition) is 1. The second kappa shape index (κ2) is 7.63. The van der Waals surface area contributed by atoms with E-state index in [1.165, 1.54) is 6.26 Å². The topological polar surface area (TPSA) is 85.1 Å². The van der Waals surface area contributed by atoms with E-state index in [0.717, 1.165) is 22.6 Å². The molecule has 1 N–H and O–H groups in total. The molecule has 26 heavy (non-hydrogen) atoms. The summed E-state index contributed by atoms with van der Waals surface area (Å²) in [5.74, 6) is 0. The largest absolute Gasteiger partial charge is 0.396 e. The van der Waals surface area contributed by atoms with Gasteiger partial charge in [0.2, 0.25) is 0 Å². The van der Waals surface area contributed by atoms with Crippen LogP contribution >= 0.6 is 0 Å². The first-order chi connectivity index (χ1) is 12.5. The van der Waals surface area contributed by atoms with Gasteiger partial charge in [0.05, 0.1) is 22.0 Å². The van der Waals surface area contributed by atoms with E-state index in [1.54, 1.807) is 41.3 Å². The highest BCUT2D eigenvalue weighted by molar-refractivity contribution is 7.90. The van der Waals surface area contributed by atoms with Crippen LogP contribution in [-0.2, 0) is 9.84 Å². The molecule has 7 heteroatoms. The molecule has 0 radical (unpaired) electrons. The Morgan fingerprint density at radius 1 is 1.19 bits per heavy atom. The van der Waals surface area contributed by atoms with Crippen molar-refractivity contribution in [2.24, 2.45) is 0 Å². The van der Waals surface area contributed by atoms with Crippen molar-refractivity contribution in [1.82, 2.24) is 14.8 Å². The molecule has 0 aliphatic rings. The van der Waals surface area contributed by atoms with E-state index in [0.29, 0.717) is 6.42 Å². The Bertz CT molecular complexity index is 1010. The van der Waals surface area contributed by atoms with Crippen molar-refractivity contribution in [3.8, 4) is 16.9 Å². The lowest BCUT2D eigenvalue weighted by Crippen LogP contribution is -2.01. The zero-order valence-electron chi connectivity index (χ0n) is 14.3. The van der Waals surface area contributed by atoms with Crippen molar-refractivity contribution >= 4 is 15.9 Å². The molecule has 3 rings (SSSR count). The predicted molar refractivity (Wildman–Crippen MR) is 101 cm³/mol. The summed E-state index contributed by atoms with van der Waals surface area (Å²) in [4.78, 5) is 4.42. The average molecular weight is 369 g/mol. The summed E-state index contributed by atoms with van der Waals surface area (Å²) in [6, 6.07) is 12.3. The van der Waals surface area contributed by atoms with Crippen LogP contribution < -0.4 is 0 Å². The van der Waals surface area contributed by atoms with Crippen molar-refractivity contribution < 1.29 is 13.5 Å². The molecule has 0 atom stereocenters. The fraction of sp³-hybridized carbons (Fsp3) is 0.158. The van der Waals surface area contributed by atoms with Crippen LogP contribution in [0.5, 0.6) is 0 Å². The number of sulfone groups is 1. The van der Waals surface area contributed by atoms with E-state index in [1.807, 2.05) is 30.4 Å². The fourth-order valence-electron chi connectivity index (χ4n) is 2.51. The number of aromatic nitrogens is 3. The molecule has 0 unspecified atom stereocenters. The monoisotopic (exact) mass is 369 g/mol. The molecule has 2 aromatic heterocycles. The molecule has 2 heterocycles. The Morgan fingerprint density at radius 3 is 2.58 bits per heavy atom. The maximum Gasteiger partial charge on any atom is 0.175 e. The lowest BCUT2D eigenvalue weighted by molar-refractivity contribution is 0.303. The lowest BCUT2D eigenvalue weighted by Gasteiger charge is -2.08. The molecule has 0 saturated heterocycles. The Hall–Kier alpha value is -2.77. The summed E-state index contributed by atoms with van der Waals surface area (Å²) < 4.78 is 25.1. The van der Waals surface area contributed by atoms with E-state index >= 15 is 0 Å². The molecule has 6 nitrogen and oxygen atoms in total. The van der Waals surface area contributed by atoms with Gasteiger partial charge in [0.15, 0.2) is 9.84 Å². The average Bonchev–Trinajstić information content (AvgIpc) is 3.06. The smallest absolute Gasteiger partial charge is 0.175 e. The molecular formula is C19H19N3O3S. The van der Waals surface area contributed by atoms with Crippen LogP contribution in [0.4, 0.5) is 0 Å². The third kappa shape index (κ3) is 4.07. The summed E-state index contributed by atoms with van der Waals surface area (Å²) in [6.07, 6.45) is 8.88. The van der Waals surface area contributed by atoms with Gasteiger partial charge in [-0.15, -0.1) is 0 Å². The molecule has 3 aromatic rings. The SMILES string of the molecule is CS(=O)(=O)c1ccc(-n2nc(C=CCCO)cc2-c2cccnc2)cc1. The predicted octanol–water partition coefficient (Wildman–Crippen LogP) is 2.73. The maximum absolute atomic E-state index is 11.7. The van der Waals surface area contributed by atoms with E-state index in [-0.39, 0.29) is 11.5 Å². The molecule has 1 aromatic carbocycles. The zero-order chi connectivity index (χ0) is 18.6. The summed E-state index contributed by atoms with van der Waals surface area (Å²) >= 11 is 0. The standard InChI is InChI=1S/C19H19N3O3S/c1-26(24,25)18-9-7-17(8-10-18)22-19(15-5-4-11-20-14-15)13-16(21-22)6-2-3-12-23/h2,4-11,13-14,23H,3,12H2,1H3. The van der Waals surface area contributed by atoms with Crippen LogP contribution in [0.3, 0.4) is 0 Å². The van der Waals surface area contributed by atoms with Gasteiger partial charge in [0.1, 0.15) is 0 Å². The second-order valence-corrected chi connectivity index (χ2v) is 7.80. The fourth-order valence-corrected chi connectivity index (χ4v) is 3.14. The molecule has 0 fully saturated rings. The Morgan fingerprint density at radius 2 is 1.96 bits per heavy atom. The molecule has 134 valence electrons. The zero-order valence-corrected chi connectivity index (χ0v) is 15.1. The van der Waals surface area contributed by atoms with Gasteiger partial charge in [-0.3, -0.25) is 4.98 Å². The molecule has 0 spiro atoms. The third-order valence-corrected chi connectivity index (χ3v) is 4.91. The molecule has 0 saturated carbocycles.